The molecule has 2 heterocycles. The van der Waals surface area contributed by atoms with Gasteiger partial charge in [0, 0.05) is 19.1 Å². The van der Waals surface area contributed by atoms with Crippen molar-refractivity contribution in [3.8, 4) is 5.69 Å². The zero-order valence-corrected chi connectivity index (χ0v) is 18.8. The number of hydrogen-bond donors (Lipinski definition) is 1. The van der Waals surface area contributed by atoms with Crippen LogP contribution in [0, 0.1) is 5.82 Å². The molecule has 0 bridgehead atoms. The standard InChI is InChI=1S/C25H26F4N4O/c1-17-8-6-7-13-32(17)16-19-10-3-2-9-18(19)14-30-24(34)20-15-31-33(23(20)25(27,28)29)22-12-5-4-11-21(22)26/h2-5,9-12,15,17H,6-8,13-14,16H2,1H3,(H,30,34). The monoisotopic (exact) mass is 474 g/mol. The average Bonchev–Trinajstić information content (AvgIpc) is 3.26. The van der Waals surface area contributed by atoms with Crippen LogP contribution in [-0.4, -0.2) is 33.2 Å². The maximum absolute atomic E-state index is 14.2. The smallest absolute Gasteiger partial charge is 0.348 e. The normalized spacial score (nSPS) is 17.0. The molecule has 1 N–H and O–H groups in total. The maximum atomic E-state index is 14.2. The number of nitrogens with zero attached hydrogens (tertiary/aromatic N) is 3. The fourth-order valence-corrected chi connectivity index (χ4v) is 4.36. The number of amides is 1. The van der Waals surface area contributed by atoms with Crippen molar-refractivity contribution in [3.63, 3.8) is 0 Å². The number of benzene rings is 2. The van der Waals surface area contributed by atoms with Crippen LogP contribution < -0.4 is 5.32 Å². The van der Waals surface area contributed by atoms with Gasteiger partial charge in [-0.1, -0.05) is 42.8 Å². The Morgan fingerprint density at radius 1 is 1.09 bits per heavy atom. The van der Waals surface area contributed by atoms with Crippen LogP contribution in [-0.2, 0) is 19.3 Å². The van der Waals surface area contributed by atoms with Crippen molar-refractivity contribution in [1.29, 1.82) is 0 Å². The first kappa shape index (κ1) is 23.9. The lowest BCUT2D eigenvalue weighted by atomic mass is 10.0. The fraction of sp³-hybridized carbons (Fsp3) is 0.360. The number of para-hydroxylation sites is 1. The topological polar surface area (TPSA) is 50.2 Å². The molecule has 2 aromatic carbocycles. The molecule has 0 aliphatic carbocycles. The number of likely N-dealkylation sites (tertiary alicyclic amines) is 1. The quantitative estimate of drug-likeness (QED) is 0.491. The summed E-state index contributed by atoms with van der Waals surface area (Å²) in [6.45, 7) is 3.97. The van der Waals surface area contributed by atoms with Crippen molar-refractivity contribution in [2.75, 3.05) is 6.54 Å². The lowest BCUT2D eigenvalue weighted by molar-refractivity contribution is -0.143. The number of aromatic nitrogens is 2. The molecule has 1 atom stereocenters. The second-order valence-corrected chi connectivity index (χ2v) is 8.53. The minimum atomic E-state index is -4.91. The molecule has 4 rings (SSSR count). The highest BCUT2D eigenvalue weighted by Crippen LogP contribution is 2.34. The van der Waals surface area contributed by atoms with Crippen LogP contribution in [0.3, 0.4) is 0 Å². The summed E-state index contributed by atoms with van der Waals surface area (Å²) < 4.78 is 56.2. The number of piperidine rings is 1. The zero-order chi connectivity index (χ0) is 24.3. The third-order valence-corrected chi connectivity index (χ3v) is 6.23. The number of alkyl halides is 3. The van der Waals surface area contributed by atoms with Gasteiger partial charge in [0.25, 0.3) is 5.91 Å². The van der Waals surface area contributed by atoms with E-state index in [1.165, 1.54) is 24.6 Å². The molecular formula is C25H26F4N4O. The van der Waals surface area contributed by atoms with Crippen LogP contribution in [0.15, 0.2) is 54.7 Å². The molecule has 0 saturated carbocycles. The average molecular weight is 475 g/mol. The predicted molar refractivity (Wildman–Crippen MR) is 120 cm³/mol. The molecule has 1 aromatic heterocycles. The van der Waals surface area contributed by atoms with Gasteiger partial charge in [0.2, 0.25) is 0 Å². The van der Waals surface area contributed by atoms with Crippen LogP contribution in [0.5, 0.6) is 0 Å². The van der Waals surface area contributed by atoms with E-state index in [1.54, 1.807) is 0 Å². The summed E-state index contributed by atoms with van der Waals surface area (Å²) in [7, 11) is 0. The second-order valence-electron chi connectivity index (χ2n) is 8.53. The first-order valence-corrected chi connectivity index (χ1v) is 11.2. The van der Waals surface area contributed by atoms with Gasteiger partial charge in [0.15, 0.2) is 5.69 Å². The molecule has 0 spiro atoms. The maximum Gasteiger partial charge on any atom is 0.434 e. The molecule has 1 unspecified atom stereocenters. The van der Waals surface area contributed by atoms with Gasteiger partial charge in [-0.3, -0.25) is 9.69 Å². The second kappa shape index (κ2) is 9.97. The largest absolute Gasteiger partial charge is 0.434 e. The van der Waals surface area contributed by atoms with Crippen molar-refractivity contribution in [3.05, 3.63) is 82.9 Å². The SMILES string of the molecule is CC1CCCCN1Cc1ccccc1CNC(=O)c1cnn(-c2ccccc2F)c1C(F)(F)F. The highest BCUT2D eigenvalue weighted by atomic mass is 19.4. The molecule has 1 aliphatic rings. The van der Waals surface area contributed by atoms with E-state index in [-0.39, 0.29) is 12.2 Å². The highest BCUT2D eigenvalue weighted by Gasteiger charge is 2.41. The summed E-state index contributed by atoms with van der Waals surface area (Å²) in [4.78, 5) is 15.2. The third kappa shape index (κ3) is 5.14. The minimum Gasteiger partial charge on any atom is -0.348 e. The number of halogens is 4. The number of nitrogens with one attached hydrogen (secondary N) is 1. The molecule has 0 radical (unpaired) electrons. The number of carbonyl (C=O) groups excluding carboxylic acids is 1. The Labute approximate surface area is 195 Å². The Bertz CT molecular complexity index is 1160. The van der Waals surface area contributed by atoms with Crippen molar-refractivity contribution in [2.45, 2.75) is 51.5 Å². The van der Waals surface area contributed by atoms with Crippen LogP contribution in [0.25, 0.3) is 5.69 Å². The van der Waals surface area contributed by atoms with Gasteiger partial charge in [-0.25, -0.2) is 9.07 Å². The van der Waals surface area contributed by atoms with Crippen molar-refractivity contribution in [2.24, 2.45) is 0 Å². The molecule has 34 heavy (non-hydrogen) atoms. The zero-order valence-electron chi connectivity index (χ0n) is 18.8. The van der Waals surface area contributed by atoms with E-state index in [2.05, 4.69) is 22.2 Å². The van der Waals surface area contributed by atoms with Crippen LogP contribution >= 0.6 is 0 Å². The van der Waals surface area contributed by atoms with E-state index >= 15 is 0 Å². The van der Waals surface area contributed by atoms with Gasteiger partial charge in [0.1, 0.15) is 11.5 Å². The summed E-state index contributed by atoms with van der Waals surface area (Å²) in [5.74, 6) is -1.79. The first-order valence-electron chi connectivity index (χ1n) is 11.2. The summed E-state index contributed by atoms with van der Waals surface area (Å²) in [5.41, 5.74) is -0.489. The minimum absolute atomic E-state index is 0.0689. The van der Waals surface area contributed by atoms with Crippen LogP contribution in [0.2, 0.25) is 0 Å². The Balaban J connectivity index is 1.55. The molecule has 5 nitrogen and oxygen atoms in total. The van der Waals surface area contributed by atoms with Gasteiger partial charge >= 0.3 is 6.18 Å². The summed E-state index contributed by atoms with van der Waals surface area (Å²) in [5, 5.41) is 6.27. The Hall–Kier alpha value is -3.20. The molecule has 1 amide bonds. The predicted octanol–water partition coefficient (Wildman–Crippen LogP) is 5.33. The van der Waals surface area contributed by atoms with E-state index in [9.17, 15) is 22.4 Å². The molecule has 180 valence electrons. The van der Waals surface area contributed by atoms with Gasteiger partial charge in [-0.15, -0.1) is 0 Å². The van der Waals surface area contributed by atoms with Crippen molar-refractivity contribution >= 4 is 5.91 Å². The summed E-state index contributed by atoms with van der Waals surface area (Å²) >= 11 is 0. The van der Waals surface area contributed by atoms with Crippen molar-refractivity contribution < 1.29 is 22.4 Å². The van der Waals surface area contributed by atoms with Gasteiger partial charge in [0.05, 0.1) is 11.8 Å². The summed E-state index contributed by atoms with van der Waals surface area (Å²) in [6, 6.07) is 13.0. The Morgan fingerprint density at radius 2 is 1.79 bits per heavy atom. The number of carbonyl (C=O) groups is 1. The molecule has 1 aliphatic heterocycles. The Kier molecular flexibility index (Phi) is 7.02. The molecule has 9 heteroatoms. The first-order chi connectivity index (χ1) is 16.3. The molecule has 3 aromatic rings. The third-order valence-electron chi connectivity index (χ3n) is 6.23. The number of hydrogen-bond acceptors (Lipinski definition) is 3. The van der Waals surface area contributed by atoms with Crippen molar-refractivity contribution in [1.82, 2.24) is 20.0 Å². The van der Waals surface area contributed by atoms with E-state index in [1.807, 2.05) is 24.3 Å². The van der Waals surface area contributed by atoms with E-state index in [0.717, 1.165) is 42.8 Å². The van der Waals surface area contributed by atoms with Crippen LogP contribution in [0.4, 0.5) is 17.6 Å². The van der Waals surface area contributed by atoms with Gasteiger partial charge in [-0.05, 0) is 49.6 Å². The van der Waals surface area contributed by atoms with Crippen LogP contribution in [0.1, 0.15) is 53.4 Å². The summed E-state index contributed by atoms with van der Waals surface area (Å²) in [6.07, 6.45) is -0.613. The highest BCUT2D eigenvalue weighted by molar-refractivity contribution is 5.95. The lowest BCUT2D eigenvalue weighted by Gasteiger charge is -2.33. The fourth-order valence-electron chi connectivity index (χ4n) is 4.36. The van der Waals surface area contributed by atoms with Gasteiger partial charge < -0.3 is 5.32 Å². The van der Waals surface area contributed by atoms with E-state index < -0.39 is 29.2 Å². The Morgan fingerprint density at radius 3 is 2.50 bits per heavy atom. The molecule has 1 saturated heterocycles. The number of rotatable bonds is 6. The molecule has 1 fully saturated rings. The van der Waals surface area contributed by atoms with E-state index in [4.69, 9.17) is 0 Å². The lowest BCUT2D eigenvalue weighted by Crippen LogP contribution is -2.37. The van der Waals surface area contributed by atoms with E-state index in [0.29, 0.717) is 17.3 Å². The molecular weight excluding hydrogens is 448 g/mol. The van der Waals surface area contributed by atoms with Gasteiger partial charge in [-0.2, -0.15) is 18.3 Å².